The summed E-state index contributed by atoms with van der Waals surface area (Å²) in [5.74, 6) is 3.08. The fourth-order valence-electron chi connectivity index (χ4n) is 7.94. The predicted octanol–water partition coefficient (Wildman–Crippen LogP) is 5.04. The van der Waals surface area contributed by atoms with Crippen LogP contribution in [0.5, 0.6) is 11.5 Å². The van der Waals surface area contributed by atoms with Crippen LogP contribution in [0.15, 0.2) is 94.6 Å². The number of methoxy groups -OCH3 is 2. The first kappa shape index (κ1) is 51.3. The number of nitriles is 1. The quantitative estimate of drug-likeness (QED) is 0.0461. The zero-order valence-electron chi connectivity index (χ0n) is 38.1. The van der Waals surface area contributed by atoms with Crippen molar-refractivity contribution in [1.82, 2.24) is 24.9 Å². The zero-order valence-corrected chi connectivity index (χ0v) is 39.0. The van der Waals surface area contributed by atoms with Crippen LogP contribution in [0.4, 0.5) is 13.2 Å². The first-order chi connectivity index (χ1) is 32.5. The number of benzene rings is 3. The summed E-state index contributed by atoms with van der Waals surface area (Å²) in [5, 5.41) is 13.1. The molecule has 0 aliphatic carbocycles. The van der Waals surface area contributed by atoms with Crippen molar-refractivity contribution in [2.45, 2.75) is 82.0 Å². The maximum absolute atomic E-state index is 13.7. The van der Waals surface area contributed by atoms with Gasteiger partial charge in [-0.15, -0.1) is 0 Å². The van der Waals surface area contributed by atoms with Gasteiger partial charge in [0, 0.05) is 18.3 Å². The molecule has 3 aromatic carbocycles. The topological polar surface area (TPSA) is 205 Å². The molecular weight excluding hydrogens is 913 g/mol. The van der Waals surface area contributed by atoms with Crippen LogP contribution in [0.1, 0.15) is 62.6 Å². The van der Waals surface area contributed by atoms with Gasteiger partial charge in [-0.05, 0) is 68.7 Å². The van der Waals surface area contributed by atoms with Crippen molar-refractivity contribution in [3.63, 3.8) is 0 Å². The minimum Gasteiger partial charge on any atom is -0.497 e. The average molecular weight is 965 g/mol. The van der Waals surface area contributed by atoms with Gasteiger partial charge in [-0.25, -0.2) is 9.46 Å². The largest absolute Gasteiger partial charge is 0.497 e. The first-order valence-corrected chi connectivity index (χ1v) is 22.6. The van der Waals surface area contributed by atoms with E-state index in [9.17, 15) is 37.6 Å². The Balaban J connectivity index is 1.42. The Kier molecular flexibility index (Phi) is 16.9. The third-order valence-electron chi connectivity index (χ3n) is 11.1. The van der Waals surface area contributed by atoms with E-state index in [4.69, 9.17) is 32.7 Å². The summed E-state index contributed by atoms with van der Waals surface area (Å²) in [6, 6.07) is 26.4. The second kappa shape index (κ2) is 22.3. The molecule has 2 amide bonds. The second-order valence-electron chi connectivity index (χ2n) is 16.2. The SMILES string of the molecule is COc1ccc(C(OC[C@]23CO[C@H]([C@H](n4cc(C#CCNC(=O)CNC(=O)C(F)(F)F)c(=O)[nH]c4=O)O2)[C@H]3OP(OCCC#N)N(C(C)C)C(C)C)(c2ccccc2)c2ccc(OC)cc2)cc1. The highest BCUT2D eigenvalue weighted by Crippen LogP contribution is 2.56. The van der Waals surface area contributed by atoms with Crippen LogP contribution in [0.3, 0.4) is 0 Å². The van der Waals surface area contributed by atoms with Gasteiger partial charge in [-0.2, -0.15) is 18.4 Å². The van der Waals surface area contributed by atoms with Crippen LogP contribution in [0, 0.1) is 23.2 Å². The Morgan fingerprint density at radius 1 is 0.941 bits per heavy atom. The molecule has 68 heavy (non-hydrogen) atoms. The summed E-state index contributed by atoms with van der Waals surface area (Å²) in [4.78, 5) is 52.2. The molecule has 2 saturated heterocycles. The number of aromatic nitrogens is 2. The molecule has 2 fully saturated rings. The molecule has 0 spiro atoms. The monoisotopic (exact) mass is 964 g/mol. The summed E-state index contributed by atoms with van der Waals surface area (Å²) >= 11 is 0. The highest BCUT2D eigenvalue weighted by molar-refractivity contribution is 7.44. The smallest absolute Gasteiger partial charge is 0.471 e. The van der Waals surface area contributed by atoms with E-state index in [1.165, 1.54) is 11.5 Å². The molecule has 2 aliphatic heterocycles. The molecule has 4 aromatic rings. The van der Waals surface area contributed by atoms with Gasteiger partial charge in [0.1, 0.15) is 40.5 Å². The maximum Gasteiger partial charge on any atom is 0.471 e. The van der Waals surface area contributed by atoms with E-state index in [2.05, 4.69) is 28.2 Å². The Bertz CT molecular complexity index is 2540. The predicted molar refractivity (Wildman–Crippen MR) is 241 cm³/mol. The fourth-order valence-corrected chi connectivity index (χ4v) is 9.75. The zero-order chi connectivity index (χ0) is 49.2. The van der Waals surface area contributed by atoms with Crippen LogP contribution >= 0.6 is 8.53 Å². The first-order valence-electron chi connectivity index (χ1n) is 21.5. The van der Waals surface area contributed by atoms with E-state index >= 15 is 0 Å². The number of rotatable bonds is 20. The van der Waals surface area contributed by atoms with Crippen LogP contribution < -0.4 is 31.4 Å². The van der Waals surface area contributed by atoms with Gasteiger partial charge in [0.05, 0.1) is 59.6 Å². The van der Waals surface area contributed by atoms with Crippen molar-refractivity contribution in [3.8, 4) is 29.4 Å². The summed E-state index contributed by atoms with van der Waals surface area (Å²) < 4.78 is 86.0. The summed E-state index contributed by atoms with van der Waals surface area (Å²) in [6.07, 6.45) is -7.19. The van der Waals surface area contributed by atoms with E-state index < -0.39 is 80.5 Å². The standard InChI is InChI=1S/C47H52F3N6O11P/c1-30(2)56(31(3)4)68(65-25-11-23-51)67-40-39-42(55-27-32(41(58)54-44(55)60)12-10-24-52-38(57)26-53-43(59)47(48,49)50)66-45(40,28-63-39)29-64-46(33-13-8-7-9-14-33,34-15-19-36(61-5)20-16-34)35-17-21-37(62-6)22-18-35/h7-9,13-22,27,30-31,39-40,42H,11,24-26,28-29H2,1-6H3,(H,52,57)(H,53,59)(H,54,58,60)/t39-,40+,42+,45-,68?/m0/s1. The number of carbonyl (C=O) groups excluding carboxylic acids is 2. The number of hydrogen-bond donors (Lipinski definition) is 3. The van der Waals surface area contributed by atoms with Crippen molar-refractivity contribution in [2.75, 3.05) is 47.1 Å². The summed E-state index contributed by atoms with van der Waals surface area (Å²) in [7, 11) is 1.22. The number of carbonyl (C=O) groups is 2. The van der Waals surface area contributed by atoms with Gasteiger partial charge in [0.25, 0.3) is 14.1 Å². The molecule has 2 aliphatic rings. The Morgan fingerprint density at radius 2 is 1.54 bits per heavy atom. The molecule has 3 N–H and O–H groups in total. The molecule has 2 bridgehead atoms. The van der Waals surface area contributed by atoms with Crippen molar-refractivity contribution in [2.24, 2.45) is 0 Å². The number of ether oxygens (including phenoxy) is 5. The van der Waals surface area contributed by atoms with Gasteiger partial charge >= 0.3 is 17.8 Å². The minimum atomic E-state index is -5.17. The lowest BCUT2D eigenvalue weighted by molar-refractivity contribution is -0.203. The van der Waals surface area contributed by atoms with E-state index in [1.54, 1.807) is 14.2 Å². The van der Waals surface area contributed by atoms with Crippen molar-refractivity contribution in [1.29, 1.82) is 5.26 Å². The highest BCUT2D eigenvalue weighted by atomic mass is 31.2. The molecule has 21 heteroatoms. The van der Waals surface area contributed by atoms with Gasteiger partial charge in [-0.1, -0.05) is 66.4 Å². The minimum absolute atomic E-state index is 0.0558. The summed E-state index contributed by atoms with van der Waals surface area (Å²) in [5.41, 5.74) is -2.57. The average Bonchev–Trinajstić information content (AvgIpc) is 3.81. The number of alkyl halides is 3. The fraction of sp³-hybridized carbons (Fsp3) is 0.426. The van der Waals surface area contributed by atoms with Crippen molar-refractivity contribution in [3.05, 3.63) is 128 Å². The molecule has 5 atom stereocenters. The molecule has 0 radical (unpaired) electrons. The second-order valence-corrected chi connectivity index (χ2v) is 17.6. The lowest BCUT2D eigenvalue weighted by Gasteiger charge is -2.41. The normalized spacial score (nSPS) is 19.3. The Labute approximate surface area is 391 Å². The molecular formula is C47H52F3N6O11P. The molecule has 17 nitrogen and oxygen atoms in total. The van der Waals surface area contributed by atoms with Crippen LogP contribution in [-0.4, -0.2) is 109 Å². The van der Waals surface area contributed by atoms with Gasteiger partial charge < -0.3 is 43.4 Å². The molecule has 1 aromatic heterocycles. The van der Waals surface area contributed by atoms with E-state index in [0.717, 1.165) is 21.3 Å². The van der Waals surface area contributed by atoms with E-state index in [1.807, 2.05) is 111 Å². The Morgan fingerprint density at radius 3 is 2.10 bits per heavy atom. The van der Waals surface area contributed by atoms with Gasteiger partial charge in [0.2, 0.25) is 5.91 Å². The number of H-pyrrole nitrogens is 1. The number of nitrogens with one attached hydrogen (secondary N) is 3. The lowest BCUT2D eigenvalue weighted by Crippen LogP contribution is -2.49. The number of aromatic amines is 1. The third-order valence-corrected chi connectivity index (χ3v) is 13.2. The van der Waals surface area contributed by atoms with E-state index in [0.29, 0.717) is 11.5 Å². The number of fused-ring (bicyclic) bond motifs is 2. The third kappa shape index (κ3) is 11.4. The molecule has 362 valence electrons. The van der Waals surface area contributed by atoms with Crippen LogP contribution in [0.2, 0.25) is 0 Å². The van der Waals surface area contributed by atoms with Gasteiger partial charge in [0.15, 0.2) is 6.23 Å². The summed E-state index contributed by atoms with van der Waals surface area (Å²) in [6.45, 7) is 6.33. The van der Waals surface area contributed by atoms with Crippen LogP contribution in [0.25, 0.3) is 0 Å². The molecule has 1 unspecified atom stereocenters. The maximum atomic E-state index is 13.7. The number of hydrogen-bond acceptors (Lipinski definition) is 13. The van der Waals surface area contributed by atoms with E-state index in [-0.39, 0.29) is 43.9 Å². The highest BCUT2D eigenvalue weighted by Gasteiger charge is 2.65. The van der Waals surface area contributed by atoms with Crippen molar-refractivity contribution >= 4 is 20.3 Å². The molecule has 3 heterocycles. The Hall–Kier alpha value is -6.09. The van der Waals surface area contributed by atoms with Gasteiger partial charge in [-0.3, -0.25) is 23.9 Å². The molecule has 0 saturated carbocycles. The number of amides is 2. The van der Waals surface area contributed by atoms with Crippen LogP contribution in [-0.2, 0) is 38.4 Å². The number of halogens is 3. The molecule has 6 rings (SSSR count). The van der Waals surface area contributed by atoms with Crippen molar-refractivity contribution < 1.29 is 55.5 Å². The number of nitrogens with zero attached hydrogens (tertiary/aromatic N) is 3. The lowest BCUT2D eigenvalue weighted by atomic mass is 9.79.